The number of aryl methyl sites for hydroxylation is 1. The van der Waals surface area contributed by atoms with Crippen LogP contribution in [0.3, 0.4) is 0 Å². The van der Waals surface area contributed by atoms with E-state index in [-0.39, 0.29) is 5.91 Å². The number of nitrogens with zero attached hydrogens (tertiary/aromatic N) is 5. The average Bonchev–Trinajstić information content (AvgIpc) is 3.06. The Hall–Kier alpha value is -2.54. The van der Waals surface area contributed by atoms with Gasteiger partial charge in [0, 0.05) is 6.04 Å². The molecule has 0 N–H and O–H groups in total. The Morgan fingerprint density at radius 2 is 2.17 bits per heavy atom. The van der Waals surface area contributed by atoms with Crippen LogP contribution in [0.15, 0.2) is 29.9 Å². The molecule has 0 spiro atoms. The summed E-state index contributed by atoms with van der Waals surface area (Å²) in [6, 6.07) is 6.22. The molecule has 1 saturated carbocycles. The lowest BCUT2D eigenvalue weighted by molar-refractivity contribution is 0.0999. The van der Waals surface area contributed by atoms with Crippen molar-refractivity contribution < 1.29 is 4.79 Å². The monoisotopic (exact) mass is 337 g/mol. The van der Waals surface area contributed by atoms with E-state index in [1.54, 1.807) is 11.2 Å². The number of aromatic nitrogens is 4. The molecule has 0 saturated heterocycles. The van der Waals surface area contributed by atoms with Gasteiger partial charge in [0.15, 0.2) is 5.82 Å². The summed E-state index contributed by atoms with van der Waals surface area (Å²) in [6.45, 7) is 2.64. The molecule has 2 aliphatic rings. The zero-order valence-electron chi connectivity index (χ0n) is 13.1. The SMILES string of the molecule is Cc1csc2c1CN(c1cccc(-c3nncn3C3CC3)n1)C2=O. The number of amides is 1. The predicted octanol–water partition coefficient (Wildman–Crippen LogP) is 3.21. The van der Waals surface area contributed by atoms with Crippen molar-refractivity contribution in [2.45, 2.75) is 32.4 Å². The molecule has 1 fully saturated rings. The molecule has 24 heavy (non-hydrogen) atoms. The van der Waals surface area contributed by atoms with Gasteiger partial charge in [-0.3, -0.25) is 9.69 Å². The van der Waals surface area contributed by atoms with Gasteiger partial charge in [0.05, 0.1) is 11.4 Å². The topological polar surface area (TPSA) is 63.9 Å². The van der Waals surface area contributed by atoms with Gasteiger partial charge in [-0.1, -0.05) is 6.07 Å². The number of hydrogen-bond acceptors (Lipinski definition) is 5. The van der Waals surface area contributed by atoms with Gasteiger partial charge in [0.1, 0.15) is 17.8 Å². The number of pyridine rings is 1. The number of rotatable bonds is 3. The van der Waals surface area contributed by atoms with Crippen LogP contribution in [0.25, 0.3) is 11.5 Å². The molecule has 0 aromatic carbocycles. The smallest absolute Gasteiger partial charge is 0.270 e. The third-order valence-corrected chi connectivity index (χ3v) is 5.74. The minimum absolute atomic E-state index is 0.0383. The summed E-state index contributed by atoms with van der Waals surface area (Å²) in [5, 5.41) is 10.3. The number of anilines is 1. The number of thiophene rings is 1. The normalized spacial score (nSPS) is 16.7. The Bertz CT molecular complexity index is 956. The second-order valence-electron chi connectivity index (χ2n) is 6.29. The fraction of sp³-hybridized carbons (Fsp3) is 0.294. The summed E-state index contributed by atoms with van der Waals surface area (Å²) in [5.41, 5.74) is 3.06. The van der Waals surface area contributed by atoms with Gasteiger partial charge in [-0.2, -0.15) is 0 Å². The van der Waals surface area contributed by atoms with E-state index in [1.807, 2.05) is 30.5 Å². The minimum Gasteiger partial charge on any atom is -0.309 e. The van der Waals surface area contributed by atoms with Gasteiger partial charge in [-0.05, 0) is 48.4 Å². The molecular weight excluding hydrogens is 322 g/mol. The van der Waals surface area contributed by atoms with E-state index in [9.17, 15) is 4.79 Å². The standard InChI is InChI=1S/C17H15N5OS/c1-10-8-24-15-12(10)7-21(17(15)23)14-4-2-3-13(19-14)16-20-18-9-22(16)11-5-6-11/h2-4,8-9,11H,5-7H2,1H3. The average molecular weight is 337 g/mol. The Morgan fingerprint density at radius 1 is 1.29 bits per heavy atom. The third-order valence-electron chi connectivity index (χ3n) is 4.61. The highest BCUT2D eigenvalue weighted by Gasteiger charge is 2.32. The third kappa shape index (κ3) is 2.01. The highest BCUT2D eigenvalue weighted by molar-refractivity contribution is 7.12. The van der Waals surface area contributed by atoms with Gasteiger partial charge < -0.3 is 4.57 Å². The molecular formula is C17H15N5OS. The fourth-order valence-electron chi connectivity index (χ4n) is 3.13. The molecule has 3 aromatic rings. The number of fused-ring (bicyclic) bond motifs is 1. The lowest BCUT2D eigenvalue weighted by Gasteiger charge is -2.15. The second kappa shape index (κ2) is 4.98. The maximum Gasteiger partial charge on any atom is 0.270 e. The van der Waals surface area contributed by atoms with E-state index in [4.69, 9.17) is 4.98 Å². The second-order valence-corrected chi connectivity index (χ2v) is 7.17. The van der Waals surface area contributed by atoms with E-state index in [0.29, 0.717) is 18.4 Å². The molecule has 6 nitrogen and oxygen atoms in total. The van der Waals surface area contributed by atoms with Crippen LogP contribution in [0, 0.1) is 6.92 Å². The summed E-state index contributed by atoms with van der Waals surface area (Å²) in [5.74, 6) is 1.49. The maximum atomic E-state index is 12.7. The van der Waals surface area contributed by atoms with Crippen LogP contribution in [-0.4, -0.2) is 25.7 Å². The van der Waals surface area contributed by atoms with Crippen molar-refractivity contribution >= 4 is 23.1 Å². The highest BCUT2D eigenvalue weighted by Crippen LogP contribution is 2.38. The van der Waals surface area contributed by atoms with E-state index in [0.717, 1.165) is 34.8 Å². The van der Waals surface area contributed by atoms with Gasteiger partial charge in [-0.15, -0.1) is 21.5 Å². The van der Waals surface area contributed by atoms with Crippen molar-refractivity contribution in [2.75, 3.05) is 4.90 Å². The highest BCUT2D eigenvalue weighted by atomic mass is 32.1. The van der Waals surface area contributed by atoms with Gasteiger partial charge >= 0.3 is 0 Å². The van der Waals surface area contributed by atoms with Gasteiger partial charge in [0.25, 0.3) is 5.91 Å². The van der Waals surface area contributed by atoms with Crippen LogP contribution in [0.2, 0.25) is 0 Å². The van der Waals surface area contributed by atoms with E-state index in [1.165, 1.54) is 16.9 Å². The summed E-state index contributed by atoms with van der Waals surface area (Å²) < 4.78 is 2.08. The quantitative estimate of drug-likeness (QED) is 0.736. The Kier molecular flexibility index (Phi) is 2.87. The van der Waals surface area contributed by atoms with Crippen LogP contribution in [0.5, 0.6) is 0 Å². The van der Waals surface area contributed by atoms with Crippen molar-refractivity contribution in [3.8, 4) is 11.5 Å². The minimum atomic E-state index is 0.0383. The largest absolute Gasteiger partial charge is 0.309 e. The first-order valence-corrected chi connectivity index (χ1v) is 8.86. The summed E-state index contributed by atoms with van der Waals surface area (Å²) in [6.07, 6.45) is 4.09. The maximum absolute atomic E-state index is 12.7. The fourth-order valence-corrected chi connectivity index (χ4v) is 4.14. The lowest BCUT2D eigenvalue weighted by atomic mass is 10.2. The van der Waals surface area contributed by atoms with Crippen LogP contribution in [0.1, 0.15) is 39.7 Å². The molecule has 5 rings (SSSR count). The van der Waals surface area contributed by atoms with Gasteiger partial charge in [0.2, 0.25) is 0 Å². The number of carbonyl (C=O) groups excluding carboxylic acids is 1. The van der Waals surface area contributed by atoms with Gasteiger partial charge in [-0.25, -0.2) is 4.98 Å². The van der Waals surface area contributed by atoms with Crippen molar-refractivity contribution in [3.05, 3.63) is 45.9 Å². The number of hydrogen-bond donors (Lipinski definition) is 0. The molecule has 1 aliphatic heterocycles. The lowest BCUT2D eigenvalue weighted by Crippen LogP contribution is -2.24. The molecule has 0 bridgehead atoms. The van der Waals surface area contributed by atoms with Crippen molar-refractivity contribution in [3.63, 3.8) is 0 Å². The Morgan fingerprint density at radius 3 is 2.96 bits per heavy atom. The first kappa shape index (κ1) is 13.9. The first-order chi connectivity index (χ1) is 11.7. The summed E-state index contributed by atoms with van der Waals surface area (Å²) >= 11 is 1.52. The molecule has 0 radical (unpaired) electrons. The van der Waals surface area contributed by atoms with Crippen molar-refractivity contribution in [1.29, 1.82) is 0 Å². The van der Waals surface area contributed by atoms with Crippen LogP contribution >= 0.6 is 11.3 Å². The number of carbonyl (C=O) groups is 1. The molecule has 0 atom stereocenters. The van der Waals surface area contributed by atoms with E-state index in [2.05, 4.69) is 14.8 Å². The van der Waals surface area contributed by atoms with Crippen LogP contribution < -0.4 is 4.90 Å². The van der Waals surface area contributed by atoms with Crippen molar-refractivity contribution in [2.24, 2.45) is 0 Å². The van der Waals surface area contributed by atoms with E-state index >= 15 is 0 Å². The van der Waals surface area contributed by atoms with Crippen molar-refractivity contribution in [1.82, 2.24) is 19.7 Å². The Balaban J connectivity index is 1.52. The molecule has 4 heterocycles. The zero-order chi connectivity index (χ0) is 16.3. The predicted molar refractivity (Wildman–Crippen MR) is 91.1 cm³/mol. The first-order valence-electron chi connectivity index (χ1n) is 7.98. The molecule has 7 heteroatoms. The summed E-state index contributed by atoms with van der Waals surface area (Å²) in [7, 11) is 0. The molecule has 0 unspecified atom stereocenters. The molecule has 1 aliphatic carbocycles. The molecule has 120 valence electrons. The molecule has 1 amide bonds. The summed E-state index contributed by atoms with van der Waals surface area (Å²) in [4.78, 5) is 19.9. The van der Waals surface area contributed by atoms with Crippen LogP contribution in [-0.2, 0) is 6.54 Å². The van der Waals surface area contributed by atoms with Crippen LogP contribution in [0.4, 0.5) is 5.82 Å². The van der Waals surface area contributed by atoms with E-state index < -0.39 is 0 Å². The zero-order valence-corrected chi connectivity index (χ0v) is 14.0. The molecule has 3 aromatic heterocycles. The Labute approximate surface area is 142 Å².